The van der Waals surface area contributed by atoms with Crippen molar-refractivity contribution in [2.45, 2.75) is 39.0 Å². The molecule has 1 aromatic heterocycles. The number of ether oxygens (including phenoxy) is 1. The molecule has 0 spiro atoms. The zero-order valence-corrected chi connectivity index (χ0v) is 18.3. The standard InChI is InChI=1S/C25H31N3O3/c1-19-6-2-9-22(26-19)16-20-7-4-13-28(18-20)25(30)21-8-3-10-23(17-21)31-15-14-27-12-5-11-24(27)29/h2-3,6,8-10,17,20H,4-5,7,11-16,18H2,1H3/t20-/m0/s1. The van der Waals surface area contributed by atoms with E-state index in [2.05, 4.69) is 17.1 Å². The lowest BCUT2D eigenvalue weighted by Gasteiger charge is -2.33. The van der Waals surface area contributed by atoms with Crippen LogP contribution in [0.3, 0.4) is 0 Å². The van der Waals surface area contributed by atoms with Gasteiger partial charge in [-0.1, -0.05) is 12.1 Å². The number of piperidine rings is 1. The van der Waals surface area contributed by atoms with Gasteiger partial charge in [-0.25, -0.2) is 0 Å². The first-order valence-electron chi connectivity index (χ1n) is 11.3. The molecule has 0 saturated carbocycles. The monoisotopic (exact) mass is 421 g/mol. The Labute approximate surface area is 184 Å². The number of aryl methyl sites for hydroxylation is 1. The highest BCUT2D eigenvalue weighted by Gasteiger charge is 2.25. The van der Waals surface area contributed by atoms with Gasteiger partial charge in [0.2, 0.25) is 5.91 Å². The van der Waals surface area contributed by atoms with Gasteiger partial charge < -0.3 is 14.5 Å². The number of nitrogens with zero attached hydrogens (tertiary/aromatic N) is 3. The fraction of sp³-hybridized carbons (Fsp3) is 0.480. The van der Waals surface area contributed by atoms with Gasteiger partial charge in [-0.15, -0.1) is 0 Å². The highest BCUT2D eigenvalue weighted by molar-refractivity contribution is 5.94. The molecule has 0 radical (unpaired) electrons. The van der Waals surface area contributed by atoms with E-state index in [1.165, 1.54) is 0 Å². The smallest absolute Gasteiger partial charge is 0.253 e. The van der Waals surface area contributed by atoms with Crippen molar-refractivity contribution in [3.05, 3.63) is 59.4 Å². The average Bonchev–Trinajstić information content (AvgIpc) is 3.18. The van der Waals surface area contributed by atoms with Gasteiger partial charge in [-0.05, 0) is 68.9 Å². The van der Waals surface area contributed by atoms with E-state index in [0.717, 1.165) is 56.7 Å². The van der Waals surface area contributed by atoms with Gasteiger partial charge in [0.05, 0.1) is 6.54 Å². The van der Waals surface area contributed by atoms with Crippen LogP contribution in [0.15, 0.2) is 42.5 Å². The Hall–Kier alpha value is -2.89. The SMILES string of the molecule is Cc1cccc(C[C@@H]2CCCN(C(=O)c3cccc(OCCN4CCCC4=O)c3)C2)n1. The van der Waals surface area contributed by atoms with Gasteiger partial charge in [0.1, 0.15) is 12.4 Å². The van der Waals surface area contributed by atoms with Crippen molar-refractivity contribution in [3.8, 4) is 5.75 Å². The van der Waals surface area contributed by atoms with Crippen molar-refractivity contribution in [1.82, 2.24) is 14.8 Å². The zero-order valence-electron chi connectivity index (χ0n) is 18.3. The largest absolute Gasteiger partial charge is 0.492 e. The number of aromatic nitrogens is 1. The summed E-state index contributed by atoms with van der Waals surface area (Å²) in [6.45, 7) is 5.42. The minimum atomic E-state index is 0.0575. The van der Waals surface area contributed by atoms with Crippen LogP contribution in [0.1, 0.15) is 47.4 Å². The highest BCUT2D eigenvalue weighted by atomic mass is 16.5. The summed E-state index contributed by atoms with van der Waals surface area (Å²) in [5.74, 6) is 1.37. The van der Waals surface area contributed by atoms with Gasteiger partial charge in [0, 0.05) is 43.0 Å². The second-order valence-electron chi connectivity index (χ2n) is 8.59. The quantitative estimate of drug-likeness (QED) is 0.687. The third-order valence-electron chi connectivity index (χ3n) is 6.13. The second-order valence-corrected chi connectivity index (χ2v) is 8.59. The molecule has 0 N–H and O–H groups in total. The zero-order chi connectivity index (χ0) is 21.6. The van der Waals surface area contributed by atoms with Crippen molar-refractivity contribution in [2.75, 3.05) is 32.8 Å². The second kappa shape index (κ2) is 9.94. The first-order valence-corrected chi connectivity index (χ1v) is 11.3. The molecule has 6 nitrogen and oxygen atoms in total. The molecule has 2 amide bonds. The molecule has 2 aliphatic heterocycles. The molecule has 0 unspecified atom stereocenters. The number of likely N-dealkylation sites (tertiary alicyclic amines) is 2. The summed E-state index contributed by atoms with van der Waals surface area (Å²) >= 11 is 0. The Bertz CT molecular complexity index is 930. The fourth-order valence-electron chi connectivity index (χ4n) is 4.54. The molecule has 6 heteroatoms. The Morgan fingerprint density at radius 2 is 2.03 bits per heavy atom. The number of carbonyl (C=O) groups excluding carboxylic acids is 2. The number of pyridine rings is 1. The van der Waals surface area contributed by atoms with Crippen molar-refractivity contribution < 1.29 is 14.3 Å². The molecule has 3 heterocycles. The van der Waals surface area contributed by atoms with Crippen LogP contribution < -0.4 is 4.74 Å². The van der Waals surface area contributed by atoms with E-state index in [1.807, 2.05) is 47.1 Å². The summed E-state index contributed by atoms with van der Waals surface area (Å²) < 4.78 is 5.83. The van der Waals surface area contributed by atoms with Gasteiger partial charge in [-0.2, -0.15) is 0 Å². The predicted octanol–water partition coefficient (Wildman–Crippen LogP) is 3.49. The maximum Gasteiger partial charge on any atom is 0.253 e. The van der Waals surface area contributed by atoms with Gasteiger partial charge in [0.15, 0.2) is 0 Å². The first-order chi connectivity index (χ1) is 15.1. The number of benzene rings is 1. The Morgan fingerprint density at radius 1 is 1.16 bits per heavy atom. The van der Waals surface area contributed by atoms with Crippen molar-refractivity contribution >= 4 is 11.8 Å². The maximum absolute atomic E-state index is 13.1. The number of rotatable bonds is 7. The van der Waals surface area contributed by atoms with Crippen LogP contribution in [0.2, 0.25) is 0 Å². The van der Waals surface area contributed by atoms with Crippen LogP contribution in [0.5, 0.6) is 5.75 Å². The molecule has 4 rings (SSSR count). The lowest BCUT2D eigenvalue weighted by Crippen LogP contribution is -2.40. The summed E-state index contributed by atoms with van der Waals surface area (Å²) in [6, 6.07) is 13.5. The molecule has 1 aromatic carbocycles. The number of amides is 2. The van der Waals surface area contributed by atoms with Crippen molar-refractivity contribution in [3.63, 3.8) is 0 Å². The predicted molar refractivity (Wildman–Crippen MR) is 119 cm³/mol. The summed E-state index contributed by atoms with van der Waals surface area (Å²) in [6.07, 6.45) is 4.62. The Balaban J connectivity index is 1.32. The maximum atomic E-state index is 13.1. The van der Waals surface area contributed by atoms with E-state index in [-0.39, 0.29) is 11.8 Å². The third-order valence-corrected chi connectivity index (χ3v) is 6.13. The lowest BCUT2D eigenvalue weighted by atomic mass is 9.92. The van der Waals surface area contributed by atoms with Crippen LogP contribution in [0, 0.1) is 12.8 Å². The van der Waals surface area contributed by atoms with Crippen LogP contribution in [-0.2, 0) is 11.2 Å². The summed E-state index contributed by atoms with van der Waals surface area (Å²) in [7, 11) is 0. The molecule has 2 fully saturated rings. The number of hydrogen-bond acceptors (Lipinski definition) is 4. The minimum absolute atomic E-state index is 0.0575. The Kier molecular flexibility index (Phi) is 6.85. The third kappa shape index (κ3) is 5.63. The van der Waals surface area contributed by atoms with Crippen molar-refractivity contribution in [2.24, 2.45) is 5.92 Å². The molecule has 164 valence electrons. The van der Waals surface area contributed by atoms with Crippen LogP contribution in [-0.4, -0.2) is 59.4 Å². The fourth-order valence-corrected chi connectivity index (χ4v) is 4.54. The molecule has 2 aromatic rings. The van der Waals surface area contributed by atoms with Gasteiger partial charge >= 0.3 is 0 Å². The minimum Gasteiger partial charge on any atom is -0.492 e. The molecule has 1 atom stereocenters. The van der Waals surface area contributed by atoms with Crippen LogP contribution >= 0.6 is 0 Å². The molecular weight excluding hydrogens is 390 g/mol. The van der Waals surface area contributed by atoms with Crippen LogP contribution in [0.4, 0.5) is 0 Å². The van der Waals surface area contributed by atoms with E-state index in [9.17, 15) is 9.59 Å². The number of carbonyl (C=O) groups is 2. The van der Waals surface area contributed by atoms with E-state index in [1.54, 1.807) is 0 Å². The molecule has 2 saturated heterocycles. The first kappa shape index (κ1) is 21.3. The molecule has 2 aliphatic rings. The van der Waals surface area contributed by atoms with E-state index >= 15 is 0 Å². The topological polar surface area (TPSA) is 62.7 Å². The molecule has 0 aliphatic carbocycles. The Morgan fingerprint density at radius 3 is 2.84 bits per heavy atom. The lowest BCUT2D eigenvalue weighted by molar-refractivity contribution is -0.128. The molecule has 31 heavy (non-hydrogen) atoms. The van der Waals surface area contributed by atoms with Crippen LogP contribution in [0.25, 0.3) is 0 Å². The summed E-state index contributed by atoms with van der Waals surface area (Å²) in [4.78, 5) is 33.3. The molecular formula is C25H31N3O3. The van der Waals surface area contributed by atoms with E-state index < -0.39 is 0 Å². The van der Waals surface area contributed by atoms with Gasteiger partial charge in [-0.3, -0.25) is 14.6 Å². The summed E-state index contributed by atoms with van der Waals surface area (Å²) in [5.41, 5.74) is 2.79. The normalized spacial score (nSPS) is 19.0. The summed E-state index contributed by atoms with van der Waals surface area (Å²) in [5, 5.41) is 0. The molecule has 0 bridgehead atoms. The average molecular weight is 422 g/mol. The van der Waals surface area contributed by atoms with Crippen molar-refractivity contribution in [1.29, 1.82) is 0 Å². The highest BCUT2D eigenvalue weighted by Crippen LogP contribution is 2.23. The van der Waals surface area contributed by atoms with E-state index in [0.29, 0.717) is 36.8 Å². The van der Waals surface area contributed by atoms with Gasteiger partial charge in [0.25, 0.3) is 5.91 Å². The van der Waals surface area contributed by atoms with E-state index in [4.69, 9.17) is 4.74 Å². The number of hydrogen-bond donors (Lipinski definition) is 0.